The Morgan fingerprint density at radius 2 is 1.95 bits per heavy atom. The molecule has 2 heterocycles. The van der Waals surface area contributed by atoms with Crippen molar-refractivity contribution in [3.05, 3.63) is 42.9 Å². The average molecular weight is 283 g/mol. The van der Waals surface area contributed by atoms with Gasteiger partial charge in [0.2, 0.25) is 0 Å². The van der Waals surface area contributed by atoms with E-state index in [4.69, 9.17) is 5.84 Å². The first-order chi connectivity index (χ1) is 10.2. The van der Waals surface area contributed by atoms with Gasteiger partial charge in [0.15, 0.2) is 17.3 Å². The van der Waals surface area contributed by atoms with Crippen molar-refractivity contribution in [1.29, 1.82) is 0 Å². The number of hydrazine groups is 1. The van der Waals surface area contributed by atoms with Crippen LogP contribution in [0.4, 0.5) is 23.0 Å². The minimum Gasteiger partial charge on any atom is -0.378 e. The van der Waals surface area contributed by atoms with Crippen LogP contribution < -0.4 is 21.5 Å². The standard InChI is InChI=1S/C14H17N7/c1-20(2)11-5-3-10(4-6-11)17-13-14-16-7-8-21(14)9-12(18-13)19-15/h3-9,19H,15H2,1-2H3,(H,17,18). The van der Waals surface area contributed by atoms with Gasteiger partial charge in [-0.15, -0.1) is 0 Å². The van der Waals surface area contributed by atoms with E-state index in [-0.39, 0.29) is 0 Å². The van der Waals surface area contributed by atoms with Crippen LogP contribution in [0.15, 0.2) is 42.9 Å². The van der Waals surface area contributed by atoms with Crippen LogP contribution in [-0.4, -0.2) is 28.5 Å². The summed E-state index contributed by atoms with van der Waals surface area (Å²) in [4.78, 5) is 10.8. The lowest BCUT2D eigenvalue weighted by Gasteiger charge is -2.13. The first kappa shape index (κ1) is 13.2. The smallest absolute Gasteiger partial charge is 0.180 e. The number of nitrogens with one attached hydrogen (secondary N) is 2. The van der Waals surface area contributed by atoms with E-state index >= 15 is 0 Å². The summed E-state index contributed by atoms with van der Waals surface area (Å²) in [6.07, 6.45) is 5.35. The van der Waals surface area contributed by atoms with Gasteiger partial charge >= 0.3 is 0 Å². The fraction of sp³-hybridized carbons (Fsp3) is 0.143. The Morgan fingerprint density at radius 1 is 1.19 bits per heavy atom. The number of nitrogens with two attached hydrogens (primary N) is 1. The molecule has 0 amide bonds. The molecule has 0 spiro atoms. The summed E-state index contributed by atoms with van der Waals surface area (Å²) in [6, 6.07) is 8.07. The monoisotopic (exact) mass is 283 g/mol. The highest BCUT2D eigenvalue weighted by molar-refractivity contribution is 5.72. The molecule has 0 fully saturated rings. The summed E-state index contributed by atoms with van der Waals surface area (Å²) in [5.74, 6) is 6.65. The predicted molar refractivity (Wildman–Crippen MR) is 84.8 cm³/mol. The molecule has 0 aliphatic rings. The van der Waals surface area contributed by atoms with Gasteiger partial charge in [-0.05, 0) is 24.3 Å². The number of benzene rings is 1. The minimum absolute atomic E-state index is 0.563. The molecule has 0 saturated carbocycles. The molecular formula is C14H17N7. The number of fused-ring (bicyclic) bond motifs is 1. The van der Waals surface area contributed by atoms with Crippen LogP contribution in [0.5, 0.6) is 0 Å². The maximum atomic E-state index is 5.45. The number of hydrogen-bond donors (Lipinski definition) is 3. The van der Waals surface area contributed by atoms with Crippen LogP contribution in [-0.2, 0) is 0 Å². The first-order valence-electron chi connectivity index (χ1n) is 6.52. The lowest BCUT2D eigenvalue weighted by atomic mass is 10.2. The molecule has 0 radical (unpaired) electrons. The molecule has 7 heteroatoms. The van der Waals surface area contributed by atoms with Crippen LogP contribution in [0.3, 0.4) is 0 Å². The number of hydrogen-bond acceptors (Lipinski definition) is 6. The summed E-state index contributed by atoms with van der Waals surface area (Å²) in [5.41, 5.74) is 5.37. The van der Waals surface area contributed by atoms with Gasteiger partial charge in [-0.1, -0.05) is 0 Å². The van der Waals surface area contributed by atoms with Crippen LogP contribution >= 0.6 is 0 Å². The van der Waals surface area contributed by atoms with Crippen molar-refractivity contribution in [3.63, 3.8) is 0 Å². The van der Waals surface area contributed by atoms with Crippen LogP contribution in [0, 0.1) is 0 Å². The fourth-order valence-corrected chi connectivity index (χ4v) is 2.06. The molecule has 0 unspecified atom stereocenters. The molecule has 0 atom stereocenters. The second kappa shape index (κ2) is 5.29. The lowest BCUT2D eigenvalue weighted by Crippen LogP contribution is -2.11. The molecule has 2 aromatic heterocycles. The molecular weight excluding hydrogens is 266 g/mol. The number of anilines is 4. The highest BCUT2D eigenvalue weighted by Gasteiger charge is 2.07. The van der Waals surface area contributed by atoms with Gasteiger partial charge in [0.05, 0.1) is 6.20 Å². The van der Waals surface area contributed by atoms with E-state index in [1.54, 1.807) is 12.4 Å². The molecule has 4 N–H and O–H groups in total. The van der Waals surface area contributed by atoms with E-state index in [0.717, 1.165) is 17.0 Å². The molecule has 0 bridgehead atoms. The fourth-order valence-electron chi connectivity index (χ4n) is 2.06. The van der Waals surface area contributed by atoms with Crippen molar-refractivity contribution in [2.24, 2.45) is 5.84 Å². The number of aromatic nitrogens is 3. The van der Waals surface area contributed by atoms with Crippen molar-refractivity contribution < 1.29 is 0 Å². The van der Waals surface area contributed by atoms with Crippen LogP contribution in [0.2, 0.25) is 0 Å². The SMILES string of the molecule is CN(C)c1ccc(Nc2nc(NN)cn3ccnc23)cc1. The summed E-state index contributed by atoms with van der Waals surface area (Å²) in [7, 11) is 4.02. The maximum absolute atomic E-state index is 5.45. The number of nitrogens with zero attached hydrogens (tertiary/aromatic N) is 4. The van der Waals surface area contributed by atoms with Crippen molar-refractivity contribution in [3.8, 4) is 0 Å². The molecule has 7 nitrogen and oxygen atoms in total. The van der Waals surface area contributed by atoms with Gasteiger partial charge in [-0.25, -0.2) is 15.8 Å². The second-order valence-corrected chi connectivity index (χ2v) is 4.84. The minimum atomic E-state index is 0.563. The molecule has 108 valence electrons. The van der Waals surface area contributed by atoms with Crippen LogP contribution in [0.1, 0.15) is 0 Å². The van der Waals surface area contributed by atoms with E-state index in [1.165, 1.54) is 0 Å². The average Bonchev–Trinajstić information content (AvgIpc) is 2.96. The van der Waals surface area contributed by atoms with E-state index in [1.807, 2.05) is 53.9 Å². The van der Waals surface area contributed by atoms with E-state index in [9.17, 15) is 0 Å². The molecule has 0 saturated heterocycles. The van der Waals surface area contributed by atoms with Gasteiger partial charge in [0, 0.05) is 37.9 Å². The van der Waals surface area contributed by atoms with Gasteiger partial charge in [-0.2, -0.15) is 0 Å². The predicted octanol–water partition coefficient (Wildman–Crippen LogP) is 1.82. The zero-order valence-electron chi connectivity index (χ0n) is 11.9. The number of imidazole rings is 1. The van der Waals surface area contributed by atoms with Gasteiger partial charge in [-0.3, -0.25) is 0 Å². The summed E-state index contributed by atoms with van der Waals surface area (Å²) < 4.78 is 1.86. The molecule has 3 rings (SSSR count). The Morgan fingerprint density at radius 3 is 2.62 bits per heavy atom. The topological polar surface area (TPSA) is 83.5 Å². The maximum Gasteiger partial charge on any atom is 0.180 e. The normalized spacial score (nSPS) is 10.6. The Balaban J connectivity index is 1.95. The summed E-state index contributed by atoms with van der Waals surface area (Å²) in [6.45, 7) is 0. The zero-order valence-corrected chi connectivity index (χ0v) is 11.9. The highest BCUT2D eigenvalue weighted by Crippen LogP contribution is 2.22. The third-order valence-corrected chi connectivity index (χ3v) is 3.17. The van der Waals surface area contributed by atoms with E-state index in [2.05, 4.69) is 20.7 Å². The lowest BCUT2D eigenvalue weighted by molar-refractivity contribution is 1.11. The van der Waals surface area contributed by atoms with Gasteiger partial charge < -0.3 is 20.0 Å². The van der Waals surface area contributed by atoms with Crippen molar-refractivity contribution >= 4 is 28.7 Å². The molecule has 0 aliphatic carbocycles. The Bertz CT molecular complexity index is 746. The molecule has 21 heavy (non-hydrogen) atoms. The first-order valence-corrected chi connectivity index (χ1v) is 6.52. The largest absolute Gasteiger partial charge is 0.378 e. The van der Waals surface area contributed by atoms with Gasteiger partial charge in [0.25, 0.3) is 0 Å². The second-order valence-electron chi connectivity index (χ2n) is 4.84. The Hall–Kier alpha value is -2.80. The quantitative estimate of drug-likeness (QED) is 0.500. The zero-order chi connectivity index (χ0) is 14.8. The third kappa shape index (κ3) is 2.59. The molecule has 3 aromatic rings. The number of rotatable bonds is 4. The van der Waals surface area contributed by atoms with Crippen molar-refractivity contribution in [2.75, 3.05) is 29.7 Å². The summed E-state index contributed by atoms with van der Waals surface area (Å²) in [5, 5.41) is 3.27. The third-order valence-electron chi connectivity index (χ3n) is 3.17. The number of nitrogen functional groups attached to an aromatic ring is 1. The van der Waals surface area contributed by atoms with Crippen molar-refractivity contribution in [2.45, 2.75) is 0 Å². The highest BCUT2D eigenvalue weighted by atomic mass is 15.3. The van der Waals surface area contributed by atoms with E-state index in [0.29, 0.717) is 11.6 Å². The summed E-state index contributed by atoms with van der Waals surface area (Å²) >= 11 is 0. The Kier molecular flexibility index (Phi) is 3.33. The van der Waals surface area contributed by atoms with Crippen LogP contribution in [0.25, 0.3) is 5.65 Å². The molecule has 0 aliphatic heterocycles. The van der Waals surface area contributed by atoms with Gasteiger partial charge in [0.1, 0.15) is 0 Å². The van der Waals surface area contributed by atoms with E-state index < -0.39 is 0 Å². The Labute approximate surface area is 122 Å². The van der Waals surface area contributed by atoms with Crippen molar-refractivity contribution in [1.82, 2.24) is 14.4 Å². The molecule has 1 aromatic carbocycles.